The first-order valence-electron chi connectivity index (χ1n) is 12.2. The Bertz CT molecular complexity index is 1210. The highest BCUT2D eigenvalue weighted by Gasteiger charge is 2.35. The number of hydrogen-bond acceptors (Lipinski definition) is 5. The zero-order chi connectivity index (χ0) is 22.7. The third-order valence-electron chi connectivity index (χ3n) is 8.04. The van der Waals surface area contributed by atoms with Crippen molar-refractivity contribution in [2.24, 2.45) is 5.92 Å². The first kappa shape index (κ1) is 21.2. The Hall–Kier alpha value is -2.32. The molecule has 1 saturated carbocycles. The summed E-state index contributed by atoms with van der Waals surface area (Å²) < 4.78 is 34.1. The molecule has 1 aromatic carbocycles. The SMILES string of the molecule is C[C@H](c1ccc2c(c1NC(=O)NS(=O)(=O)c1cc3c(o1)C1CCN(CC1)C3)CCC2)C1CC1. The smallest absolute Gasteiger partial charge is 0.333 e. The molecule has 8 heteroatoms. The molecule has 2 fully saturated rings. The maximum Gasteiger partial charge on any atom is 0.333 e. The van der Waals surface area contributed by atoms with Crippen molar-refractivity contribution >= 4 is 21.7 Å². The van der Waals surface area contributed by atoms with Crippen molar-refractivity contribution in [3.63, 3.8) is 0 Å². The summed E-state index contributed by atoms with van der Waals surface area (Å²) >= 11 is 0. The molecule has 3 aliphatic heterocycles. The van der Waals surface area contributed by atoms with Crippen LogP contribution in [0.15, 0.2) is 27.7 Å². The average Bonchev–Trinajstić information content (AvgIpc) is 3.46. The third kappa shape index (κ3) is 3.87. The molecule has 1 aromatic heterocycles. The molecule has 2 N–H and O–H groups in total. The van der Waals surface area contributed by atoms with Crippen molar-refractivity contribution in [2.75, 3.05) is 18.4 Å². The number of piperidine rings is 1. The molecule has 2 amide bonds. The fraction of sp³-hybridized carbons (Fsp3) is 0.560. The van der Waals surface area contributed by atoms with E-state index in [4.69, 9.17) is 4.42 Å². The van der Waals surface area contributed by atoms with Gasteiger partial charge >= 0.3 is 6.03 Å². The lowest BCUT2D eigenvalue weighted by atomic mass is 9.91. The largest absolute Gasteiger partial charge is 0.447 e. The lowest BCUT2D eigenvalue weighted by molar-refractivity contribution is 0.212. The zero-order valence-electron chi connectivity index (χ0n) is 19.0. The van der Waals surface area contributed by atoms with Gasteiger partial charge < -0.3 is 9.73 Å². The number of nitrogens with zero attached hydrogens (tertiary/aromatic N) is 1. The topological polar surface area (TPSA) is 91.7 Å². The van der Waals surface area contributed by atoms with E-state index in [2.05, 4.69) is 34.0 Å². The Morgan fingerprint density at radius 2 is 1.91 bits per heavy atom. The summed E-state index contributed by atoms with van der Waals surface area (Å²) in [6.07, 6.45) is 7.34. The lowest BCUT2D eigenvalue weighted by Crippen LogP contribution is -2.35. The van der Waals surface area contributed by atoms with Gasteiger partial charge in [0.05, 0.1) is 0 Å². The second-order valence-electron chi connectivity index (χ2n) is 10.2. The average molecular weight is 470 g/mol. The third-order valence-corrected chi connectivity index (χ3v) is 9.22. The van der Waals surface area contributed by atoms with Crippen LogP contribution in [0.25, 0.3) is 0 Å². The molecule has 0 radical (unpaired) electrons. The Labute approximate surface area is 195 Å². The standard InChI is InChI=1S/C25H31N3O4S/c1-15(16-5-6-16)20-8-7-17-3-2-4-21(17)23(20)26-25(29)27-33(30,31)22-13-19-14-28-11-9-18(10-12-28)24(19)32-22/h7-8,13,15-16,18H,2-6,9-12,14H2,1H3,(H2,26,27,29)/t15-/m0/s1. The number of nitrogens with one attached hydrogen (secondary N) is 2. The highest BCUT2D eigenvalue weighted by molar-refractivity contribution is 7.89. The van der Waals surface area contributed by atoms with Crippen molar-refractivity contribution in [1.82, 2.24) is 9.62 Å². The van der Waals surface area contributed by atoms with Crippen LogP contribution in [-0.4, -0.2) is 32.4 Å². The van der Waals surface area contributed by atoms with Crippen LogP contribution in [0.5, 0.6) is 0 Å². The summed E-state index contributed by atoms with van der Waals surface area (Å²) in [5, 5.41) is 2.75. The van der Waals surface area contributed by atoms with Crippen molar-refractivity contribution < 1.29 is 17.6 Å². The Balaban J connectivity index is 1.24. The van der Waals surface area contributed by atoms with Crippen LogP contribution in [0.1, 0.15) is 78.9 Å². The van der Waals surface area contributed by atoms with E-state index in [0.29, 0.717) is 18.4 Å². The maximum absolute atomic E-state index is 13.0. The molecule has 0 spiro atoms. The van der Waals surface area contributed by atoms with Crippen molar-refractivity contribution in [2.45, 2.75) is 75.3 Å². The number of benzene rings is 1. The van der Waals surface area contributed by atoms with E-state index in [1.54, 1.807) is 6.07 Å². The fourth-order valence-corrected chi connectivity index (χ4v) is 6.88. The van der Waals surface area contributed by atoms with Gasteiger partial charge in [-0.2, -0.15) is 8.42 Å². The molecule has 7 nitrogen and oxygen atoms in total. The van der Waals surface area contributed by atoms with Crippen LogP contribution >= 0.6 is 0 Å². The number of urea groups is 1. The second kappa shape index (κ2) is 7.87. The zero-order valence-corrected chi connectivity index (χ0v) is 19.8. The van der Waals surface area contributed by atoms with Gasteiger partial charge in [0, 0.05) is 29.8 Å². The minimum Gasteiger partial charge on any atom is -0.447 e. The van der Waals surface area contributed by atoms with Gasteiger partial charge in [-0.1, -0.05) is 19.1 Å². The van der Waals surface area contributed by atoms with Crippen molar-refractivity contribution in [3.8, 4) is 0 Å². The molecule has 2 bridgehead atoms. The van der Waals surface area contributed by atoms with Gasteiger partial charge in [0.25, 0.3) is 10.0 Å². The van der Waals surface area contributed by atoms with E-state index in [1.807, 2.05) is 0 Å². The Morgan fingerprint density at radius 1 is 1.12 bits per heavy atom. The van der Waals surface area contributed by atoms with Gasteiger partial charge in [0.15, 0.2) is 0 Å². The molecule has 0 unspecified atom stereocenters. The van der Waals surface area contributed by atoms with E-state index < -0.39 is 16.1 Å². The van der Waals surface area contributed by atoms with Gasteiger partial charge in [-0.25, -0.2) is 9.52 Å². The predicted octanol–water partition coefficient (Wildman–Crippen LogP) is 4.49. The summed E-state index contributed by atoms with van der Waals surface area (Å²) in [5.74, 6) is 2.02. The number of sulfonamides is 1. The Morgan fingerprint density at radius 3 is 2.67 bits per heavy atom. The molecule has 7 rings (SSSR count). The van der Waals surface area contributed by atoms with E-state index in [-0.39, 0.29) is 11.0 Å². The normalized spacial score (nSPS) is 24.6. The molecule has 2 aliphatic carbocycles. The summed E-state index contributed by atoms with van der Waals surface area (Å²) in [5.41, 5.74) is 5.25. The molecular formula is C25H31N3O4S. The number of hydrogen-bond donors (Lipinski definition) is 2. The maximum atomic E-state index is 13.0. The van der Waals surface area contributed by atoms with Crippen LogP contribution in [0.2, 0.25) is 0 Å². The van der Waals surface area contributed by atoms with Gasteiger partial charge in [-0.15, -0.1) is 0 Å². The molecule has 33 heavy (non-hydrogen) atoms. The number of aryl methyl sites for hydroxylation is 1. The minimum absolute atomic E-state index is 0.165. The minimum atomic E-state index is -4.10. The van der Waals surface area contributed by atoms with E-state index in [9.17, 15) is 13.2 Å². The molecule has 1 atom stereocenters. The molecule has 5 aliphatic rings. The van der Waals surface area contributed by atoms with Crippen LogP contribution in [0.4, 0.5) is 10.5 Å². The van der Waals surface area contributed by atoms with E-state index in [1.165, 1.54) is 18.4 Å². The first-order valence-corrected chi connectivity index (χ1v) is 13.7. The Kier molecular flexibility index (Phi) is 5.07. The molecule has 176 valence electrons. The monoisotopic (exact) mass is 469 g/mol. The van der Waals surface area contributed by atoms with E-state index in [0.717, 1.165) is 73.3 Å². The second-order valence-corrected chi connectivity index (χ2v) is 11.8. The number of fused-ring (bicyclic) bond motifs is 3. The van der Waals surface area contributed by atoms with E-state index >= 15 is 0 Å². The van der Waals surface area contributed by atoms with Gasteiger partial charge in [0.2, 0.25) is 5.09 Å². The number of amides is 2. The van der Waals surface area contributed by atoms with Gasteiger partial charge in [0.1, 0.15) is 5.76 Å². The number of anilines is 1. The van der Waals surface area contributed by atoms with Gasteiger partial charge in [-0.05, 0) is 86.6 Å². The molecule has 4 heterocycles. The quantitative estimate of drug-likeness (QED) is 0.673. The summed E-state index contributed by atoms with van der Waals surface area (Å²) in [6.45, 7) is 4.94. The number of carbonyl (C=O) groups excluding carboxylic acids is 1. The number of carbonyl (C=O) groups is 1. The number of rotatable bonds is 5. The van der Waals surface area contributed by atoms with Gasteiger partial charge in [-0.3, -0.25) is 4.90 Å². The van der Waals surface area contributed by atoms with Crippen molar-refractivity contribution in [1.29, 1.82) is 0 Å². The summed E-state index contributed by atoms with van der Waals surface area (Å²) in [4.78, 5) is 15.3. The number of furan rings is 1. The summed E-state index contributed by atoms with van der Waals surface area (Å²) in [7, 11) is -4.10. The van der Waals surface area contributed by atoms with Crippen LogP contribution in [0, 0.1) is 5.92 Å². The molecular weight excluding hydrogens is 438 g/mol. The highest BCUT2D eigenvalue weighted by atomic mass is 32.2. The molecule has 1 saturated heterocycles. The summed E-state index contributed by atoms with van der Waals surface area (Å²) in [6, 6.07) is 5.17. The fourth-order valence-electron chi connectivity index (χ4n) is 5.99. The predicted molar refractivity (Wildman–Crippen MR) is 125 cm³/mol. The van der Waals surface area contributed by atoms with Crippen molar-refractivity contribution in [3.05, 3.63) is 46.2 Å². The van der Waals surface area contributed by atoms with Crippen LogP contribution in [0.3, 0.4) is 0 Å². The first-order chi connectivity index (χ1) is 15.9. The molecule has 2 aromatic rings. The van der Waals surface area contributed by atoms with Crippen LogP contribution < -0.4 is 10.0 Å². The van der Waals surface area contributed by atoms with Crippen LogP contribution in [-0.2, 0) is 29.4 Å². The highest BCUT2D eigenvalue weighted by Crippen LogP contribution is 2.46. The lowest BCUT2D eigenvalue weighted by Gasteiger charge is -2.26.